The molecular weight excluding hydrogens is 457 g/mol. The van der Waals surface area contributed by atoms with Gasteiger partial charge in [-0.1, -0.05) is 23.1 Å². The highest BCUT2D eigenvalue weighted by Crippen LogP contribution is 2.33. The molecule has 0 bridgehead atoms. The molecule has 0 saturated carbocycles. The fraction of sp³-hybridized carbons (Fsp3) is 0.176. The number of aromatic nitrogens is 4. The minimum atomic E-state index is -4.65. The number of nitriles is 1. The van der Waals surface area contributed by atoms with Gasteiger partial charge in [0.15, 0.2) is 5.16 Å². The fourth-order valence-electron chi connectivity index (χ4n) is 2.26. The first-order valence-electron chi connectivity index (χ1n) is 8.23. The monoisotopic (exact) mass is 468 g/mol. The molecule has 2 aromatic heterocycles. The number of halogens is 3. The molecule has 0 aliphatic carbocycles. The Morgan fingerprint density at radius 3 is 2.61 bits per heavy atom. The first kappa shape index (κ1) is 22.2. The highest BCUT2D eigenvalue weighted by Gasteiger charge is 2.35. The summed E-state index contributed by atoms with van der Waals surface area (Å²) in [6.07, 6.45) is -4.65. The molecule has 0 aliphatic heterocycles. The molecule has 3 aromatic rings. The van der Waals surface area contributed by atoms with Crippen LogP contribution in [-0.2, 0) is 11.0 Å². The molecule has 0 atom stereocenters. The lowest BCUT2D eigenvalue weighted by Crippen LogP contribution is -2.17. The number of carbonyl (C=O) groups is 1. The van der Waals surface area contributed by atoms with Crippen molar-refractivity contribution in [3.63, 3.8) is 0 Å². The topological polar surface area (TPSA) is 134 Å². The van der Waals surface area contributed by atoms with Crippen molar-refractivity contribution in [1.29, 1.82) is 5.26 Å². The molecule has 0 spiro atoms. The summed E-state index contributed by atoms with van der Waals surface area (Å²) in [5.74, 6) is -0.380. The van der Waals surface area contributed by atoms with Gasteiger partial charge in [0, 0.05) is 5.56 Å². The molecule has 2 N–H and O–H groups in total. The number of rotatable bonds is 6. The number of amides is 1. The Morgan fingerprint density at radius 2 is 2.03 bits per heavy atom. The number of anilines is 1. The van der Waals surface area contributed by atoms with Crippen LogP contribution in [0.3, 0.4) is 0 Å². The fourth-order valence-corrected chi connectivity index (χ4v) is 3.55. The number of H-pyrrole nitrogens is 1. The maximum Gasteiger partial charge on any atom is 0.445 e. The third kappa shape index (κ3) is 5.38. The highest BCUT2D eigenvalue weighted by molar-refractivity contribution is 7.99. The Labute approximate surface area is 180 Å². The lowest BCUT2D eigenvalue weighted by Gasteiger charge is -2.07. The van der Waals surface area contributed by atoms with Gasteiger partial charge in [-0.3, -0.25) is 14.9 Å². The highest BCUT2D eigenvalue weighted by atomic mass is 32.2. The van der Waals surface area contributed by atoms with Crippen molar-refractivity contribution in [2.45, 2.75) is 11.3 Å². The summed E-state index contributed by atoms with van der Waals surface area (Å²) in [7, 11) is 1.49. The van der Waals surface area contributed by atoms with Gasteiger partial charge in [0.05, 0.1) is 18.6 Å². The maximum atomic E-state index is 12.5. The molecule has 0 unspecified atom stereocenters. The van der Waals surface area contributed by atoms with E-state index < -0.39 is 22.7 Å². The van der Waals surface area contributed by atoms with Crippen LogP contribution in [0.5, 0.6) is 5.75 Å². The Morgan fingerprint density at radius 1 is 1.32 bits per heavy atom. The number of hydrogen-bond donors (Lipinski definition) is 2. The van der Waals surface area contributed by atoms with Gasteiger partial charge in [-0.25, -0.2) is 4.98 Å². The van der Waals surface area contributed by atoms with Crippen molar-refractivity contribution < 1.29 is 22.7 Å². The summed E-state index contributed by atoms with van der Waals surface area (Å²) in [5.41, 5.74) is -0.281. The smallest absolute Gasteiger partial charge is 0.445 e. The molecule has 9 nitrogen and oxygen atoms in total. The van der Waals surface area contributed by atoms with Crippen LogP contribution in [0, 0.1) is 11.3 Å². The van der Waals surface area contributed by atoms with E-state index in [0.717, 1.165) is 11.8 Å². The molecule has 0 saturated heterocycles. The molecule has 1 amide bonds. The molecule has 31 heavy (non-hydrogen) atoms. The number of aromatic amines is 1. The number of ether oxygens (including phenoxy) is 1. The average Bonchev–Trinajstić information content (AvgIpc) is 3.21. The van der Waals surface area contributed by atoms with Gasteiger partial charge in [0.1, 0.15) is 17.4 Å². The van der Waals surface area contributed by atoms with E-state index in [4.69, 9.17) is 4.74 Å². The van der Waals surface area contributed by atoms with Crippen LogP contribution >= 0.6 is 23.1 Å². The predicted molar refractivity (Wildman–Crippen MR) is 106 cm³/mol. The number of alkyl halides is 3. The molecule has 14 heteroatoms. The molecule has 3 rings (SSSR count). The number of thioether (sulfide) groups is 1. The first-order valence-corrected chi connectivity index (χ1v) is 10.0. The van der Waals surface area contributed by atoms with E-state index in [9.17, 15) is 28.0 Å². The zero-order chi connectivity index (χ0) is 22.6. The predicted octanol–water partition coefficient (Wildman–Crippen LogP) is 2.92. The second-order valence-electron chi connectivity index (χ2n) is 5.68. The normalized spacial score (nSPS) is 11.1. The van der Waals surface area contributed by atoms with Crippen molar-refractivity contribution in [3.8, 4) is 23.1 Å². The summed E-state index contributed by atoms with van der Waals surface area (Å²) in [6, 6.07) is 8.31. The first-order chi connectivity index (χ1) is 14.7. The minimum Gasteiger partial charge on any atom is -0.497 e. The van der Waals surface area contributed by atoms with Crippen LogP contribution in [0.2, 0.25) is 0 Å². The van der Waals surface area contributed by atoms with Gasteiger partial charge in [0.2, 0.25) is 16.0 Å². The van der Waals surface area contributed by atoms with Crippen LogP contribution in [0.25, 0.3) is 11.3 Å². The molecule has 0 fully saturated rings. The Hall–Kier alpha value is -3.44. The maximum absolute atomic E-state index is 12.5. The van der Waals surface area contributed by atoms with E-state index in [2.05, 4.69) is 25.5 Å². The summed E-state index contributed by atoms with van der Waals surface area (Å²) < 4.78 is 42.7. The molecule has 160 valence electrons. The zero-order valence-corrected chi connectivity index (χ0v) is 17.1. The van der Waals surface area contributed by atoms with Crippen molar-refractivity contribution in [3.05, 3.63) is 45.2 Å². The SMILES string of the molecule is COc1ccc(-c2nc(SCC(=O)Nc3nnc(C(F)(F)F)s3)[nH]c(=O)c2C#N)cc1. The van der Waals surface area contributed by atoms with Crippen LogP contribution in [0.1, 0.15) is 10.6 Å². The second-order valence-corrected chi connectivity index (χ2v) is 7.62. The van der Waals surface area contributed by atoms with E-state index in [1.165, 1.54) is 7.11 Å². The van der Waals surface area contributed by atoms with Gasteiger partial charge in [-0.15, -0.1) is 10.2 Å². The molecular formula is C17H11F3N6O3S2. The quantitative estimate of drug-likeness (QED) is 0.417. The summed E-state index contributed by atoms with van der Waals surface area (Å²) in [6.45, 7) is 0. The summed E-state index contributed by atoms with van der Waals surface area (Å²) in [5, 5.41) is 16.3. The number of hydrogen-bond acceptors (Lipinski definition) is 9. The van der Waals surface area contributed by atoms with Crippen molar-refractivity contribution in [1.82, 2.24) is 20.2 Å². The van der Waals surface area contributed by atoms with Crippen molar-refractivity contribution in [2.75, 3.05) is 18.2 Å². The van der Waals surface area contributed by atoms with E-state index in [0.29, 0.717) is 11.3 Å². The molecule has 1 aromatic carbocycles. The van der Waals surface area contributed by atoms with Crippen molar-refractivity contribution in [2.24, 2.45) is 0 Å². The minimum absolute atomic E-state index is 0.0539. The Bertz CT molecular complexity index is 1200. The van der Waals surface area contributed by atoms with Crippen LogP contribution in [0.15, 0.2) is 34.2 Å². The number of methoxy groups -OCH3 is 1. The van der Waals surface area contributed by atoms with E-state index in [1.54, 1.807) is 30.3 Å². The molecule has 2 heterocycles. The van der Waals surface area contributed by atoms with Gasteiger partial charge in [-0.2, -0.15) is 18.4 Å². The van der Waals surface area contributed by atoms with Crippen LogP contribution in [0.4, 0.5) is 18.3 Å². The Balaban J connectivity index is 1.75. The standard InChI is InChI=1S/C17H11F3N6O3S2/c1-29-9-4-2-8(3-5-9)12-10(6-21)13(28)24-15(23-12)30-7-11(27)22-16-26-25-14(31-16)17(18,19)20/h2-5H,7H2,1H3,(H,22,26,27)(H,23,24,28). The van der Waals surface area contributed by atoms with Gasteiger partial charge < -0.3 is 9.72 Å². The third-order valence-electron chi connectivity index (χ3n) is 3.63. The van der Waals surface area contributed by atoms with Gasteiger partial charge in [0.25, 0.3) is 5.56 Å². The number of carbonyl (C=O) groups excluding carboxylic acids is 1. The van der Waals surface area contributed by atoms with E-state index in [1.807, 2.05) is 0 Å². The largest absolute Gasteiger partial charge is 0.497 e. The molecule has 0 aliphatic rings. The van der Waals surface area contributed by atoms with E-state index >= 15 is 0 Å². The lowest BCUT2D eigenvalue weighted by atomic mass is 10.1. The second kappa shape index (κ2) is 9.14. The van der Waals surface area contributed by atoms with Gasteiger partial charge >= 0.3 is 6.18 Å². The summed E-state index contributed by atoms with van der Waals surface area (Å²) in [4.78, 5) is 30.9. The van der Waals surface area contributed by atoms with E-state index in [-0.39, 0.29) is 38.6 Å². The summed E-state index contributed by atoms with van der Waals surface area (Å²) >= 11 is 1.02. The number of nitrogens with one attached hydrogen (secondary N) is 2. The van der Waals surface area contributed by atoms with Gasteiger partial charge in [-0.05, 0) is 24.3 Å². The number of benzene rings is 1. The van der Waals surface area contributed by atoms with Crippen LogP contribution < -0.4 is 15.6 Å². The Kier molecular flexibility index (Phi) is 6.56. The lowest BCUT2D eigenvalue weighted by molar-refractivity contribution is -0.138. The number of nitrogens with zero attached hydrogens (tertiary/aromatic N) is 4. The van der Waals surface area contributed by atoms with Crippen LogP contribution in [-0.4, -0.2) is 38.9 Å². The zero-order valence-electron chi connectivity index (χ0n) is 15.5. The average molecular weight is 468 g/mol. The third-order valence-corrected chi connectivity index (χ3v) is 5.38. The van der Waals surface area contributed by atoms with Crippen molar-refractivity contribution >= 4 is 34.1 Å². The molecule has 0 radical (unpaired) electrons.